The fourth-order valence-corrected chi connectivity index (χ4v) is 2.65. The summed E-state index contributed by atoms with van der Waals surface area (Å²) >= 11 is 5.67. The van der Waals surface area contributed by atoms with Crippen molar-refractivity contribution in [1.29, 1.82) is 0 Å². The second-order valence-electron chi connectivity index (χ2n) is 5.48. The lowest BCUT2D eigenvalue weighted by atomic mass is 10.2. The van der Waals surface area contributed by atoms with Crippen LogP contribution in [0.15, 0.2) is 35.7 Å². The van der Waals surface area contributed by atoms with Crippen molar-refractivity contribution < 1.29 is 8.78 Å². The van der Waals surface area contributed by atoms with Crippen LogP contribution in [0, 0.1) is 11.6 Å². The fourth-order valence-electron chi connectivity index (χ4n) is 2.55. The Bertz CT molecular complexity index is 954. The number of benzene rings is 1. The Morgan fingerprint density at radius 1 is 1.20 bits per heavy atom. The van der Waals surface area contributed by atoms with E-state index < -0.39 is 11.6 Å². The average Bonchev–Trinajstić information content (AvgIpc) is 3.02. The van der Waals surface area contributed by atoms with Gasteiger partial charge >= 0.3 is 0 Å². The normalized spacial score (nSPS) is 13.2. The summed E-state index contributed by atoms with van der Waals surface area (Å²) in [6.07, 6.45) is 4.83. The van der Waals surface area contributed by atoms with E-state index in [0.29, 0.717) is 18.8 Å². The molecule has 0 radical (unpaired) electrons. The first kappa shape index (κ1) is 15.6. The third kappa shape index (κ3) is 3.08. The van der Waals surface area contributed by atoms with E-state index >= 15 is 0 Å². The number of aromatic nitrogens is 4. The maximum absolute atomic E-state index is 13.9. The predicted molar refractivity (Wildman–Crippen MR) is 87.8 cm³/mol. The number of nitrogens with one attached hydrogen (secondary N) is 1. The lowest BCUT2D eigenvalue weighted by Crippen LogP contribution is -2.21. The quantitative estimate of drug-likeness (QED) is 0.728. The molecule has 0 fully saturated rings. The molecule has 1 aromatic carbocycles. The minimum atomic E-state index is -0.930. The Morgan fingerprint density at radius 2 is 2.00 bits per heavy atom. The molecule has 1 aliphatic rings. The Labute approximate surface area is 146 Å². The van der Waals surface area contributed by atoms with Crippen LogP contribution < -0.4 is 0 Å². The molecule has 6 nitrogen and oxygen atoms in total. The summed E-state index contributed by atoms with van der Waals surface area (Å²) in [4.78, 5) is 15.2. The first-order chi connectivity index (χ1) is 12.1. The zero-order valence-corrected chi connectivity index (χ0v) is 13.5. The molecule has 3 aromatic rings. The van der Waals surface area contributed by atoms with Gasteiger partial charge in [0.2, 0.25) is 5.28 Å². The molecule has 1 aliphatic heterocycles. The molecule has 1 N–H and O–H groups in total. The number of H-pyrrole nitrogens is 1. The Balaban J connectivity index is 1.57. The molecular formula is C16H11ClF2N6. The summed E-state index contributed by atoms with van der Waals surface area (Å²) in [5.74, 6) is -1.57. The monoisotopic (exact) mass is 360 g/mol. The van der Waals surface area contributed by atoms with Gasteiger partial charge in [-0.2, -0.15) is 5.10 Å². The van der Waals surface area contributed by atoms with Crippen molar-refractivity contribution in [3.05, 3.63) is 64.5 Å². The van der Waals surface area contributed by atoms with E-state index in [2.05, 4.69) is 25.0 Å². The number of hydrogen-bond donors (Lipinski definition) is 1. The van der Waals surface area contributed by atoms with Gasteiger partial charge in [-0.3, -0.25) is 5.01 Å². The minimum Gasteiger partial charge on any atom is -0.340 e. The van der Waals surface area contributed by atoms with E-state index in [0.717, 1.165) is 17.3 Å². The van der Waals surface area contributed by atoms with E-state index in [4.69, 9.17) is 11.6 Å². The van der Waals surface area contributed by atoms with Crippen LogP contribution >= 0.6 is 11.6 Å². The number of nitrogens with zero attached hydrogens (tertiary/aromatic N) is 5. The average molecular weight is 361 g/mol. The molecule has 0 atom stereocenters. The van der Waals surface area contributed by atoms with Gasteiger partial charge in [0.1, 0.15) is 11.5 Å². The van der Waals surface area contributed by atoms with Gasteiger partial charge in [0.25, 0.3) is 0 Å². The second-order valence-corrected chi connectivity index (χ2v) is 5.82. The summed E-state index contributed by atoms with van der Waals surface area (Å²) in [6.45, 7) is 0.925. The number of halogens is 3. The van der Waals surface area contributed by atoms with Crippen LogP contribution in [0.2, 0.25) is 5.28 Å². The summed E-state index contributed by atoms with van der Waals surface area (Å²) < 4.78 is 27.4. The first-order valence-corrected chi connectivity index (χ1v) is 7.76. The van der Waals surface area contributed by atoms with Gasteiger partial charge in [-0.1, -0.05) is 6.07 Å². The number of aromatic amines is 1. The zero-order valence-electron chi connectivity index (χ0n) is 12.7. The molecule has 9 heteroatoms. The van der Waals surface area contributed by atoms with Crippen LogP contribution in [0.3, 0.4) is 0 Å². The molecule has 0 spiro atoms. The van der Waals surface area contributed by atoms with Crippen LogP contribution in [-0.4, -0.2) is 31.2 Å². The lowest BCUT2D eigenvalue weighted by Gasteiger charge is -2.21. The van der Waals surface area contributed by atoms with Crippen molar-refractivity contribution in [2.45, 2.75) is 13.1 Å². The molecule has 0 bridgehead atoms. The number of hydrogen-bond acceptors (Lipinski definition) is 5. The molecule has 2 aromatic heterocycles. The molecule has 3 heterocycles. The lowest BCUT2D eigenvalue weighted by molar-refractivity contribution is 0.264. The highest BCUT2D eigenvalue weighted by Crippen LogP contribution is 2.25. The molecule has 0 saturated heterocycles. The predicted octanol–water partition coefficient (Wildman–Crippen LogP) is 3.15. The summed E-state index contributed by atoms with van der Waals surface area (Å²) in [5.41, 5.74) is 2.30. The third-order valence-electron chi connectivity index (χ3n) is 3.74. The molecule has 25 heavy (non-hydrogen) atoms. The zero-order chi connectivity index (χ0) is 17.4. The SMILES string of the molecule is Fc1cccc(-c2nc3c([nH]2)CN(Cc2cnc(Cl)nc2)N=C3)c1F. The van der Waals surface area contributed by atoms with Crippen molar-refractivity contribution in [2.24, 2.45) is 5.10 Å². The van der Waals surface area contributed by atoms with Crippen molar-refractivity contribution in [3.8, 4) is 11.4 Å². The Morgan fingerprint density at radius 3 is 2.80 bits per heavy atom. The highest BCUT2D eigenvalue weighted by atomic mass is 35.5. The van der Waals surface area contributed by atoms with Crippen LogP contribution in [0.5, 0.6) is 0 Å². The molecular weight excluding hydrogens is 350 g/mol. The van der Waals surface area contributed by atoms with E-state index in [1.807, 2.05) is 0 Å². The standard InChI is InChI=1S/C16H11ClF2N6/c17-16-20-4-9(5-21-16)7-25-8-13-12(6-22-25)23-15(24-13)10-2-1-3-11(18)14(10)19/h1-6H,7-8H2,(H,23,24). The number of rotatable bonds is 3. The molecule has 0 amide bonds. The molecule has 0 unspecified atom stereocenters. The Hall–Kier alpha value is -2.87. The highest BCUT2D eigenvalue weighted by Gasteiger charge is 2.20. The van der Waals surface area contributed by atoms with Crippen LogP contribution in [-0.2, 0) is 13.1 Å². The van der Waals surface area contributed by atoms with Crippen molar-refractivity contribution in [2.75, 3.05) is 0 Å². The van der Waals surface area contributed by atoms with E-state index in [9.17, 15) is 8.78 Å². The van der Waals surface area contributed by atoms with Crippen LogP contribution in [0.4, 0.5) is 8.78 Å². The number of hydrazone groups is 1. The summed E-state index contributed by atoms with van der Waals surface area (Å²) in [5, 5.41) is 6.27. The van der Waals surface area contributed by atoms with E-state index in [-0.39, 0.29) is 16.7 Å². The number of fused-ring (bicyclic) bond motifs is 1. The topological polar surface area (TPSA) is 70.1 Å². The van der Waals surface area contributed by atoms with Gasteiger partial charge in [0.15, 0.2) is 11.6 Å². The number of imidazole rings is 1. The van der Waals surface area contributed by atoms with Crippen LogP contribution in [0.1, 0.15) is 17.0 Å². The van der Waals surface area contributed by atoms with Gasteiger partial charge in [-0.15, -0.1) is 0 Å². The van der Waals surface area contributed by atoms with Crippen LogP contribution in [0.25, 0.3) is 11.4 Å². The third-order valence-corrected chi connectivity index (χ3v) is 3.94. The van der Waals surface area contributed by atoms with Crippen molar-refractivity contribution in [1.82, 2.24) is 24.9 Å². The van der Waals surface area contributed by atoms with Gasteiger partial charge in [-0.05, 0) is 23.7 Å². The van der Waals surface area contributed by atoms with Gasteiger partial charge in [0.05, 0.1) is 30.6 Å². The van der Waals surface area contributed by atoms with Crippen molar-refractivity contribution >= 4 is 17.8 Å². The molecule has 0 saturated carbocycles. The van der Waals surface area contributed by atoms with E-state index in [1.54, 1.807) is 23.6 Å². The Kier molecular flexibility index (Phi) is 3.89. The summed E-state index contributed by atoms with van der Waals surface area (Å²) in [6, 6.07) is 3.98. The maximum Gasteiger partial charge on any atom is 0.222 e. The smallest absolute Gasteiger partial charge is 0.222 e. The van der Waals surface area contributed by atoms with E-state index in [1.165, 1.54) is 12.1 Å². The largest absolute Gasteiger partial charge is 0.340 e. The molecule has 0 aliphatic carbocycles. The fraction of sp³-hybridized carbons (Fsp3) is 0.125. The summed E-state index contributed by atoms with van der Waals surface area (Å²) in [7, 11) is 0. The molecule has 4 rings (SSSR count). The van der Waals surface area contributed by atoms with Gasteiger partial charge in [-0.25, -0.2) is 23.7 Å². The van der Waals surface area contributed by atoms with Gasteiger partial charge in [0, 0.05) is 18.0 Å². The first-order valence-electron chi connectivity index (χ1n) is 7.39. The van der Waals surface area contributed by atoms with Crippen molar-refractivity contribution in [3.63, 3.8) is 0 Å². The minimum absolute atomic E-state index is 0.0838. The molecule has 126 valence electrons. The second kappa shape index (κ2) is 6.21. The maximum atomic E-state index is 13.9. The van der Waals surface area contributed by atoms with Gasteiger partial charge < -0.3 is 4.98 Å². The highest BCUT2D eigenvalue weighted by molar-refractivity contribution is 6.28.